The van der Waals surface area contributed by atoms with E-state index >= 15 is 0 Å². The number of rotatable bonds is 5. The van der Waals surface area contributed by atoms with Crippen LogP contribution in [0, 0.1) is 18.3 Å². The van der Waals surface area contributed by atoms with Crippen LogP contribution < -0.4 is 0 Å². The Balaban J connectivity index is 2.42. The molecule has 27 heavy (non-hydrogen) atoms. The van der Waals surface area contributed by atoms with Crippen molar-refractivity contribution in [3.63, 3.8) is 0 Å². The van der Waals surface area contributed by atoms with Crippen LogP contribution in [0.25, 0.3) is 0 Å². The third-order valence-corrected chi connectivity index (χ3v) is 5.04. The fourth-order valence-electron chi connectivity index (χ4n) is 3.49. The molecule has 0 bridgehead atoms. The average molecular weight is 385 g/mol. The SMILES string of the molecule is Cc1c(C(=O)N(C)CCC#N)c(C(F)(F)F)nn1C1CCCN(C(C)C)C1. The molecule has 1 aliphatic rings. The Hall–Kier alpha value is -2.08. The van der Waals surface area contributed by atoms with Crippen molar-refractivity contribution in [1.82, 2.24) is 19.6 Å². The first-order valence-corrected chi connectivity index (χ1v) is 9.10. The lowest BCUT2D eigenvalue weighted by Gasteiger charge is -2.36. The highest BCUT2D eigenvalue weighted by molar-refractivity contribution is 5.96. The number of piperidine rings is 1. The van der Waals surface area contributed by atoms with E-state index in [0.717, 1.165) is 24.3 Å². The zero-order chi connectivity index (χ0) is 20.4. The summed E-state index contributed by atoms with van der Waals surface area (Å²) in [5, 5.41) is 12.5. The van der Waals surface area contributed by atoms with E-state index in [2.05, 4.69) is 23.8 Å². The molecule has 0 saturated carbocycles. The van der Waals surface area contributed by atoms with Crippen LogP contribution in [0.4, 0.5) is 13.2 Å². The van der Waals surface area contributed by atoms with Crippen molar-refractivity contribution in [2.45, 2.75) is 58.3 Å². The number of hydrogen-bond donors (Lipinski definition) is 0. The van der Waals surface area contributed by atoms with E-state index in [1.165, 1.54) is 18.7 Å². The molecule has 0 spiro atoms. The Kier molecular flexibility index (Phi) is 6.52. The van der Waals surface area contributed by atoms with Gasteiger partial charge in [-0.2, -0.15) is 23.5 Å². The molecular formula is C18H26F3N5O. The second-order valence-corrected chi connectivity index (χ2v) is 7.27. The molecule has 1 aromatic rings. The molecule has 1 unspecified atom stereocenters. The summed E-state index contributed by atoms with van der Waals surface area (Å²) in [6.07, 6.45) is -3.07. The predicted octanol–water partition coefficient (Wildman–Crippen LogP) is 3.24. The number of likely N-dealkylation sites (tertiary alicyclic amines) is 1. The molecule has 6 nitrogen and oxygen atoms in total. The molecule has 0 N–H and O–H groups in total. The van der Waals surface area contributed by atoms with E-state index in [9.17, 15) is 18.0 Å². The van der Waals surface area contributed by atoms with E-state index in [1.54, 1.807) is 0 Å². The lowest BCUT2D eigenvalue weighted by Crippen LogP contribution is -2.41. The van der Waals surface area contributed by atoms with E-state index in [-0.39, 0.29) is 24.7 Å². The van der Waals surface area contributed by atoms with Crippen LogP contribution in [-0.4, -0.2) is 58.2 Å². The number of alkyl halides is 3. The van der Waals surface area contributed by atoms with E-state index in [0.29, 0.717) is 12.6 Å². The first-order chi connectivity index (χ1) is 12.6. The first-order valence-electron chi connectivity index (χ1n) is 9.10. The van der Waals surface area contributed by atoms with Gasteiger partial charge < -0.3 is 4.90 Å². The van der Waals surface area contributed by atoms with Crippen LogP contribution in [0.2, 0.25) is 0 Å². The van der Waals surface area contributed by atoms with Gasteiger partial charge in [-0.1, -0.05) is 0 Å². The zero-order valence-electron chi connectivity index (χ0n) is 16.2. The predicted molar refractivity (Wildman–Crippen MR) is 94.1 cm³/mol. The van der Waals surface area contributed by atoms with Crippen LogP contribution in [0.1, 0.15) is 60.9 Å². The molecule has 0 aromatic carbocycles. The Morgan fingerprint density at radius 1 is 1.44 bits per heavy atom. The molecule has 2 rings (SSSR count). The Morgan fingerprint density at radius 3 is 2.67 bits per heavy atom. The molecule has 1 aromatic heterocycles. The molecule has 1 amide bonds. The molecule has 1 atom stereocenters. The highest BCUT2D eigenvalue weighted by Gasteiger charge is 2.42. The molecule has 9 heteroatoms. The summed E-state index contributed by atoms with van der Waals surface area (Å²) in [5.41, 5.74) is -1.33. The Bertz CT molecular complexity index is 720. The number of nitriles is 1. The van der Waals surface area contributed by atoms with Gasteiger partial charge in [0.15, 0.2) is 5.69 Å². The highest BCUT2D eigenvalue weighted by Crippen LogP contribution is 2.35. The van der Waals surface area contributed by atoms with Crippen LogP contribution >= 0.6 is 0 Å². The molecular weight excluding hydrogens is 359 g/mol. The summed E-state index contributed by atoms with van der Waals surface area (Å²) in [6, 6.07) is 1.99. The van der Waals surface area contributed by atoms with Gasteiger partial charge in [-0.3, -0.25) is 14.4 Å². The number of nitrogens with zero attached hydrogens (tertiary/aromatic N) is 5. The summed E-state index contributed by atoms with van der Waals surface area (Å²) < 4.78 is 42.1. The Labute approximate surface area is 157 Å². The van der Waals surface area contributed by atoms with Gasteiger partial charge in [0.05, 0.1) is 24.1 Å². The maximum atomic E-state index is 13.6. The molecule has 2 heterocycles. The number of carbonyl (C=O) groups is 1. The van der Waals surface area contributed by atoms with E-state index in [4.69, 9.17) is 5.26 Å². The quantitative estimate of drug-likeness (QED) is 0.781. The zero-order valence-corrected chi connectivity index (χ0v) is 16.2. The summed E-state index contributed by atoms with van der Waals surface area (Å²) in [5.74, 6) is -0.752. The van der Waals surface area contributed by atoms with Gasteiger partial charge in [0.25, 0.3) is 5.91 Å². The van der Waals surface area contributed by atoms with E-state index in [1.807, 2.05) is 6.07 Å². The number of hydrogen-bond acceptors (Lipinski definition) is 4. The van der Waals surface area contributed by atoms with Crippen molar-refractivity contribution in [2.75, 3.05) is 26.7 Å². The van der Waals surface area contributed by atoms with Gasteiger partial charge in [-0.05, 0) is 40.2 Å². The fraction of sp³-hybridized carbons (Fsp3) is 0.722. The summed E-state index contributed by atoms with van der Waals surface area (Å²) in [6.45, 7) is 7.21. The lowest BCUT2D eigenvalue weighted by molar-refractivity contribution is -0.142. The minimum Gasteiger partial charge on any atom is -0.341 e. The van der Waals surface area contributed by atoms with Crippen molar-refractivity contribution in [1.29, 1.82) is 5.26 Å². The highest BCUT2D eigenvalue weighted by atomic mass is 19.4. The molecule has 0 aliphatic carbocycles. The van der Waals surface area contributed by atoms with Gasteiger partial charge in [-0.25, -0.2) is 0 Å². The summed E-state index contributed by atoms with van der Waals surface area (Å²) in [4.78, 5) is 16.0. The van der Waals surface area contributed by atoms with Crippen LogP contribution in [0.15, 0.2) is 0 Å². The monoisotopic (exact) mass is 385 g/mol. The molecule has 1 saturated heterocycles. The van der Waals surface area contributed by atoms with Crippen molar-refractivity contribution in [2.24, 2.45) is 0 Å². The molecule has 150 valence electrons. The number of halogens is 3. The van der Waals surface area contributed by atoms with Crippen molar-refractivity contribution in [3.05, 3.63) is 17.0 Å². The van der Waals surface area contributed by atoms with Gasteiger partial charge in [0, 0.05) is 31.9 Å². The van der Waals surface area contributed by atoms with Crippen LogP contribution in [0.3, 0.4) is 0 Å². The number of carbonyl (C=O) groups excluding carboxylic acids is 1. The summed E-state index contributed by atoms with van der Waals surface area (Å²) in [7, 11) is 1.40. The maximum Gasteiger partial charge on any atom is 0.435 e. The van der Waals surface area contributed by atoms with Crippen molar-refractivity contribution in [3.8, 4) is 6.07 Å². The average Bonchev–Trinajstić information content (AvgIpc) is 2.96. The standard InChI is InChI=1S/C18H26F3N5O/c1-12(2)25-10-5-7-14(11-25)26-13(3)15(16(23-26)18(19,20)21)17(27)24(4)9-6-8-22/h12,14H,5-7,9-11H2,1-4H3. The number of aromatic nitrogens is 2. The van der Waals surface area contributed by atoms with Crippen molar-refractivity contribution < 1.29 is 18.0 Å². The Morgan fingerprint density at radius 2 is 2.11 bits per heavy atom. The van der Waals surface area contributed by atoms with Crippen LogP contribution in [0.5, 0.6) is 0 Å². The largest absolute Gasteiger partial charge is 0.435 e. The number of amides is 1. The van der Waals surface area contributed by atoms with Gasteiger partial charge in [-0.15, -0.1) is 0 Å². The normalized spacial score (nSPS) is 18.6. The smallest absolute Gasteiger partial charge is 0.341 e. The van der Waals surface area contributed by atoms with Gasteiger partial charge in [0.1, 0.15) is 0 Å². The first kappa shape index (κ1) is 21.2. The van der Waals surface area contributed by atoms with E-state index < -0.39 is 23.3 Å². The second kappa shape index (κ2) is 8.30. The van der Waals surface area contributed by atoms with Crippen LogP contribution in [-0.2, 0) is 6.18 Å². The fourth-order valence-corrected chi connectivity index (χ4v) is 3.49. The molecule has 1 aliphatic heterocycles. The molecule has 1 fully saturated rings. The van der Waals surface area contributed by atoms with Gasteiger partial charge >= 0.3 is 6.18 Å². The third kappa shape index (κ3) is 4.61. The molecule has 0 radical (unpaired) electrons. The minimum atomic E-state index is -4.72. The van der Waals surface area contributed by atoms with Gasteiger partial charge in [0.2, 0.25) is 0 Å². The third-order valence-electron chi connectivity index (χ3n) is 5.04. The lowest BCUT2D eigenvalue weighted by atomic mass is 10.0. The second-order valence-electron chi connectivity index (χ2n) is 7.27. The minimum absolute atomic E-state index is 0.0583. The maximum absolute atomic E-state index is 13.6. The summed E-state index contributed by atoms with van der Waals surface area (Å²) >= 11 is 0. The topological polar surface area (TPSA) is 65.2 Å². The van der Waals surface area contributed by atoms with Crippen molar-refractivity contribution >= 4 is 5.91 Å².